The van der Waals surface area contributed by atoms with Gasteiger partial charge in [-0.2, -0.15) is 0 Å². The van der Waals surface area contributed by atoms with Gasteiger partial charge in [0.2, 0.25) is 0 Å². The summed E-state index contributed by atoms with van der Waals surface area (Å²) < 4.78 is 4.65. The van der Waals surface area contributed by atoms with Crippen LogP contribution in [0.5, 0.6) is 0 Å². The second-order valence-corrected chi connectivity index (χ2v) is 2.44. The second-order valence-electron chi connectivity index (χ2n) is 1.06. The van der Waals surface area contributed by atoms with Crippen molar-refractivity contribution >= 4 is 20.5 Å². The summed E-state index contributed by atoms with van der Waals surface area (Å²) in [5, 5.41) is 0. The van der Waals surface area contributed by atoms with E-state index in [0.717, 1.165) is 0 Å². The zero-order chi connectivity index (χ0) is 5.66. The van der Waals surface area contributed by atoms with E-state index in [2.05, 4.69) is 14.8 Å². The van der Waals surface area contributed by atoms with Gasteiger partial charge in [0, 0.05) is 0 Å². The Labute approximate surface area is 54.3 Å². The molecule has 0 atom stereocenters. The van der Waals surface area contributed by atoms with E-state index in [1.54, 1.807) is 6.08 Å². The SMILES string of the molecule is [C]1=C\C=[As]/OO\C=C/1. The standard InChI is InChI=1S/C5H4AsO2/c1-2-4-6-8-7-5-3-1/h2-5H/b2-1?,5-3-. The summed E-state index contributed by atoms with van der Waals surface area (Å²) in [5.41, 5.74) is 0. The van der Waals surface area contributed by atoms with Gasteiger partial charge in [0.1, 0.15) is 0 Å². The van der Waals surface area contributed by atoms with Crippen molar-refractivity contribution < 1.29 is 8.76 Å². The van der Waals surface area contributed by atoms with Crippen LogP contribution in [-0.2, 0) is 8.76 Å². The van der Waals surface area contributed by atoms with Gasteiger partial charge in [-0.05, 0) is 0 Å². The molecule has 0 saturated heterocycles. The second kappa shape index (κ2) is 3.64. The molecule has 0 fully saturated rings. The number of hydrogen-bond acceptors (Lipinski definition) is 2. The van der Waals surface area contributed by atoms with Gasteiger partial charge in [-0.15, -0.1) is 0 Å². The van der Waals surface area contributed by atoms with Gasteiger partial charge in [0.15, 0.2) is 0 Å². The van der Waals surface area contributed by atoms with Crippen LogP contribution in [-0.4, -0.2) is 20.5 Å². The van der Waals surface area contributed by atoms with E-state index in [4.69, 9.17) is 0 Å². The molecule has 0 amide bonds. The van der Waals surface area contributed by atoms with Crippen LogP contribution in [0.4, 0.5) is 0 Å². The Bertz CT molecular complexity index is 121. The fourth-order valence-electron chi connectivity index (χ4n) is 0.271. The van der Waals surface area contributed by atoms with E-state index in [0.29, 0.717) is 0 Å². The maximum atomic E-state index is 4.65. The third-order valence-electron chi connectivity index (χ3n) is 0.538. The zero-order valence-electron chi connectivity index (χ0n) is 4.07. The molecule has 0 aromatic carbocycles. The van der Waals surface area contributed by atoms with Gasteiger partial charge in [0.25, 0.3) is 0 Å². The van der Waals surface area contributed by atoms with Crippen LogP contribution in [0.2, 0.25) is 0 Å². The van der Waals surface area contributed by atoms with Gasteiger partial charge in [-0.3, -0.25) is 0 Å². The monoisotopic (exact) mass is 171 g/mol. The van der Waals surface area contributed by atoms with E-state index in [1.165, 1.54) is 6.26 Å². The van der Waals surface area contributed by atoms with Crippen LogP contribution in [0, 0.1) is 6.08 Å². The zero-order valence-corrected chi connectivity index (χ0v) is 5.95. The first-order chi connectivity index (χ1) is 4.00. The summed E-state index contributed by atoms with van der Waals surface area (Å²) in [4.78, 5) is 6.42. The van der Waals surface area contributed by atoms with E-state index < -0.39 is 0 Å². The van der Waals surface area contributed by atoms with Gasteiger partial charge in [-0.25, -0.2) is 0 Å². The van der Waals surface area contributed by atoms with E-state index in [9.17, 15) is 0 Å². The average Bonchev–Trinajstić information content (AvgIpc) is 1.62. The third-order valence-corrected chi connectivity index (χ3v) is 1.47. The predicted molar refractivity (Wildman–Crippen MR) is 30.9 cm³/mol. The quantitative estimate of drug-likeness (QED) is 0.384. The molecular formula is C5H4AsO2. The Balaban J connectivity index is 2.51. The summed E-state index contributed by atoms with van der Waals surface area (Å²) in [6.07, 6.45) is 7.77. The van der Waals surface area contributed by atoms with E-state index >= 15 is 0 Å². The van der Waals surface area contributed by atoms with E-state index in [1.807, 2.05) is 10.9 Å². The molecule has 0 spiro atoms. The molecule has 0 bridgehead atoms. The molecule has 0 unspecified atom stereocenters. The van der Waals surface area contributed by atoms with Crippen molar-refractivity contribution in [3.8, 4) is 0 Å². The topological polar surface area (TPSA) is 18.5 Å². The molecule has 1 heterocycles. The molecule has 3 heteroatoms. The van der Waals surface area contributed by atoms with Crippen molar-refractivity contribution in [3.63, 3.8) is 0 Å². The van der Waals surface area contributed by atoms with Crippen molar-refractivity contribution in [2.75, 3.05) is 0 Å². The first kappa shape index (κ1) is 5.80. The molecule has 8 heavy (non-hydrogen) atoms. The van der Waals surface area contributed by atoms with Crippen molar-refractivity contribution in [2.45, 2.75) is 0 Å². The number of allylic oxidation sites excluding steroid dienone is 3. The normalized spacial score (nSPS) is 29.0. The van der Waals surface area contributed by atoms with Crippen molar-refractivity contribution in [1.82, 2.24) is 0 Å². The molecule has 0 N–H and O–H groups in total. The Hall–Kier alpha value is -0.332. The minimum absolute atomic E-state index is 0.224. The summed E-state index contributed by atoms with van der Waals surface area (Å²) in [6, 6.07) is 0. The Kier molecular flexibility index (Phi) is 2.64. The minimum atomic E-state index is -0.224. The summed E-state index contributed by atoms with van der Waals surface area (Å²) in [6.45, 7) is 0. The molecule has 0 saturated carbocycles. The maximum absolute atomic E-state index is 4.65. The van der Waals surface area contributed by atoms with Gasteiger partial charge in [0.05, 0.1) is 0 Å². The van der Waals surface area contributed by atoms with Crippen LogP contribution in [0.15, 0.2) is 18.4 Å². The molecule has 0 aliphatic carbocycles. The van der Waals surface area contributed by atoms with Crippen LogP contribution >= 0.6 is 0 Å². The van der Waals surface area contributed by atoms with Gasteiger partial charge in [-0.1, -0.05) is 0 Å². The average molecular weight is 171 g/mol. The van der Waals surface area contributed by atoms with Crippen LogP contribution < -0.4 is 0 Å². The predicted octanol–water partition coefficient (Wildman–Crippen LogP) is 0.243. The van der Waals surface area contributed by atoms with Crippen molar-refractivity contribution in [2.24, 2.45) is 0 Å². The molecule has 41 valence electrons. The number of hydrogen-bond donors (Lipinski definition) is 0. The van der Waals surface area contributed by atoms with Crippen molar-refractivity contribution in [3.05, 3.63) is 24.5 Å². The molecule has 2 nitrogen and oxygen atoms in total. The molecule has 1 aliphatic heterocycles. The van der Waals surface area contributed by atoms with E-state index in [-0.39, 0.29) is 15.7 Å². The molecule has 1 rings (SSSR count). The third kappa shape index (κ3) is 2.10. The fourth-order valence-corrected chi connectivity index (χ4v) is 0.892. The first-order valence-corrected chi connectivity index (χ1v) is 3.94. The Morgan fingerprint density at radius 1 is 1.50 bits per heavy atom. The van der Waals surface area contributed by atoms with Crippen LogP contribution in [0.25, 0.3) is 0 Å². The molecular weight excluding hydrogens is 167 g/mol. The summed E-state index contributed by atoms with van der Waals surface area (Å²) >= 11 is -0.224. The molecule has 1 aliphatic rings. The summed E-state index contributed by atoms with van der Waals surface area (Å²) in [5.74, 6) is 0. The number of rotatable bonds is 0. The van der Waals surface area contributed by atoms with Gasteiger partial charge >= 0.3 is 53.7 Å². The fraction of sp³-hybridized carbons (Fsp3) is 0. The molecule has 1 radical (unpaired) electrons. The van der Waals surface area contributed by atoms with Crippen molar-refractivity contribution in [1.29, 1.82) is 0 Å². The molecule has 0 aromatic rings. The van der Waals surface area contributed by atoms with Crippen LogP contribution in [0.1, 0.15) is 0 Å². The Morgan fingerprint density at radius 3 is 3.50 bits per heavy atom. The van der Waals surface area contributed by atoms with Crippen LogP contribution in [0.3, 0.4) is 0 Å². The van der Waals surface area contributed by atoms with Gasteiger partial charge < -0.3 is 0 Å². The summed E-state index contributed by atoms with van der Waals surface area (Å²) in [7, 11) is 0. The molecule has 0 aromatic heterocycles. The Morgan fingerprint density at radius 2 is 2.50 bits per heavy atom. The first-order valence-electron chi connectivity index (χ1n) is 2.09.